The third-order valence-corrected chi connectivity index (χ3v) is 3.56. The number of nitrogens with zero attached hydrogens (tertiary/aromatic N) is 2. The molecule has 0 saturated heterocycles. The van der Waals surface area contributed by atoms with Crippen LogP contribution in [0.5, 0.6) is 5.75 Å². The van der Waals surface area contributed by atoms with Gasteiger partial charge >= 0.3 is 0 Å². The Balaban J connectivity index is 1.78. The number of hydrogen-bond acceptors (Lipinski definition) is 4. The molecule has 0 amide bonds. The number of anilines is 1. The average molecular weight is 279 g/mol. The SMILES string of the molecule is COc1cc2c(cc1F)nc(N)n2CCOCC1CC1. The summed E-state index contributed by atoms with van der Waals surface area (Å²) in [7, 11) is 1.44. The number of hydrogen-bond donors (Lipinski definition) is 1. The van der Waals surface area contributed by atoms with Gasteiger partial charge in [-0.25, -0.2) is 9.37 Å². The molecule has 1 aliphatic rings. The van der Waals surface area contributed by atoms with Crippen molar-refractivity contribution < 1.29 is 13.9 Å². The lowest BCUT2D eigenvalue weighted by molar-refractivity contribution is 0.118. The fourth-order valence-corrected chi connectivity index (χ4v) is 2.23. The molecule has 0 unspecified atom stereocenters. The van der Waals surface area contributed by atoms with Gasteiger partial charge in [-0.1, -0.05) is 0 Å². The van der Waals surface area contributed by atoms with Crippen molar-refractivity contribution in [1.82, 2.24) is 9.55 Å². The Morgan fingerprint density at radius 2 is 2.25 bits per heavy atom. The Morgan fingerprint density at radius 1 is 1.45 bits per heavy atom. The van der Waals surface area contributed by atoms with Crippen LogP contribution in [0.25, 0.3) is 11.0 Å². The Labute approximate surface area is 116 Å². The molecular weight excluding hydrogens is 261 g/mol. The molecule has 5 nitrogen and oxygen atoms in total. The van der Waals surface area contributed by atoms with E-state index in [0.717, 1.165) is 18.0 Å². The lowest BCUT2D eigenvalue weighted by Gasteiger charge is -2.08. The molecule has 0 spiro atoms. The number of aromatic nitrogens is 2. The van der Waals surface area contributed by atoms with Gasteiger partial charge in [0.15, 0.2) is 11.6 Å². The molecule has 3 rings (SSSR count). The first-order valence-corrected chi connectivity index (χ1v) is 6.76. The van der Waals surface area contributed by atoms with Crippen molar-refractivity contribution in [3.63, 3.8) is 0 Å². The Kier molecular flexibility index (Phi) is 3.48. The number of nitrogens with two attached hydrogens (primary N) is 1. The van der Waals surface area contributed by atoms with E-state index < -0.39 is 5.82 Å². The van der Waals surface area contributed by atoms with Crippen molar-refractivity contribution in [3.8, 4) is 5.75 Å². The maximum Gasteiger partial charge on any atom is 0.201 e. The van der Waals surface area contributed by atoms with Crippen molar-refractivity contribution in [2.45, 2.75) is 19.4 Å². The van der Waals surface area contributed by atoms with Crippen LogP contribution >= 0.6 is 0 Å². The first kappa shape index (κ1) is 13.2. The van der Waals surface area contributed by atoms with Crippen LogP contribution in [0.1, 0.15) is 12.8 Å². The minimum absolute atomic E-state index is 0.192. The molecule has 2 N–H and O–H groups in total. The maximum atomic E-state index is 13.6. The number of benzene rings is 1. The van der Waals surface area contributed by atoms with Crippen LogP contribution in [0.15, 0.2) is 12.1 Å². The molecule has 1 aromatic heterocycles. The number of methoxy groups -OCH3 is 1. The van der Waals surface area contributed by atoms with E-state index in [-0.39, 0.29) is 5.75 Å². The van der Waals surface area contributed by atoms with Crippen LogP contribution in [0.2, 0.25) is 0 Å². The van der Waals surface area contributed by atoms with Crippen molar-refractivity contribution in [1.29, 1.82) is 0 Å². The normalized spacial score (nSPS) is 14.9. The molecule has 6 heteroatoms. The first-order chi connectivity index (χ1) is 9.69. The van der Waals surface area contributed by atoms with E-state index in [1.54, 1.807) is 6.07 Å². The molecule has 1 fully saturated rings. The van der Waals surface area contributed by atoms with Crippen LogP contribution < -0.4 is 10.5 Å². The van der Waals surface area contributed by atoms with Gasteiger partial charge in [0.25, 0.3) is 0 Å². The number of imidazole rings is 1. The Hall–Kier alpha value is -1.82. The molecule has 0 radical (unpaired) electrons. The maximum absolute atomic E-state index is 13.6. The minimum atomic E-state index is -0.436. The lowest BCUT2D eigenvalue weighted by atomic mass is 10.3. The smallest absolute Gasteiger partial charge is 0.201 e. The summed E-state index contributed by atoms with van der Waals surface area (Å²) in [6, 6.07) is 2.96. The van der Waals surface area contributed by atoms with Crippen LogP contribution in [-0.2, 0) is 11.3 Å². The predicted molar refractivity (Wildman–Crippen MR) is 74.2 cm³/mol. The molecule has 0 bridgehead atoms. The van der Waals surface area contributed by atoms with Crippen LogP contribution in [0.4, 0.5) is 10.3 Å². The van der Waals surface area contributed by atoms with E-state index in [1.807, 2.05) is 4.57 Å². The average Bonchev–Trinajstić information content (AvgIpc) is 3.19. The van der Waals surface area contributed by atoms with E-state index in [9.17, 15) is 4.39 Å². The highest BCUT2D eigenvalue weighted by Gasteiger charge is 2.21. The van der Waals surface area contributed by atoms with Crippen molar-refractivity contribution in [2.75, 3.05) is 26.1 Å². The van der Waals surface area contributed by atoms with Gasteiger partial charge in [0.05, 0.1) is 24.8 Å². The zero-order valence-corrected chi connectivity index (χ0v) is 11.4. The predicted octanol–water partition coefficient (Wildman–Crippen LogP) is 2.19. The third kappa shape index (κ3) is 2.56. The van der Waals surface area contributed by atoms with Crippen molar-refractivity contribution in [2.24, 2.45) is 5.92 Å². The van der Waals surface area contributed by atoms with E-state index in [0.29, 0.717) is 24.6 Å². The standard InChI is InChI=1S/C14H18FN3O2/c1-19-13-7-12-11(6-10(13)15)17-14(16)18(12)4-5-20-8-9-2-3-9/h6-7,9H,2-5,8H2,1H3,(H2,16,17). The zero-order valence-electron chi connectivity index (χ0n) is 11.4. The van der Waals surface area contributed by atoms with Gasteiger partial charge in [0, 0.05) is 25.3 Å². The molecular formula is C14H18FN3O2. The summed E-state index contributed by atoms with van der Waals surface area (Å²) in [5.41, 5.74) is 7.17. The summed E-state index contributed by atoms with van der Waals surface area (Å²) < 4.78 is 26.0. The molecule has 1 aliphatic carbocycles. The van der Waals surface area contributed by atoms with Crippen molar-refractivity contribution in [3.05, 3.63) is 17.9 Å². The number of rotatable bonds is 6. The second kappa shape index (κ2) is 5.28. The molecule has 0 atom stereocenters. The number of nitrogen functional groups attached to an aromatic ring is 1. The van der Waals surface area contributed by atoms with Crippen LogP contribution in [0, 0.1) is 11.7 Å². The quantitative estimate of drug-likeness (QED) is 0.823. The largest absolute Gasteiger partial charge is 0.494 e. The number of fused-ring (bicyclic) bond motifs is 1. The fraction of sp³-hybridized carbons (Fsp3) is 0.500. The van der Waals surface area contributed by atoms with E-state index in [2.05, 4.69) is 4.98 Å². The second-order valence-corrected chi connectivity index (χ2v) is 5.12. The van der Waals surface area contributed by atoms with Gasteiger partial charge in [-0.2, -0.15) is 0 Å². The summed E-state index contributed by atoms with van der Waals surface area (Å²) in [4.78, 5) is 4.17. The Morgan fingerprint density at radius 3 is 2.95 bits per heavy atom. The highest BCUT2D eigenvalue weighted by molar-refractivity contribution is 5.80. The minimum Gasteiger partial charge on any atom is -0.494 e. The van der Waals surface area contributed by atoms with Gasteiger partial charge in [0.2, 0.25) is 5.95 Å². The highest BCUT2D eigenvalue weighted by Crippen LogP contribution is 2.29. The summed E-state index contributed by atoms with van der Waals surface area (Å²) in [5, 5.41) is 0. The lowest BCUT2D eigenvalue weighted by Crippen LogP contribution is -2.10. The fourth-order valence-electron chi connectivity index (χ4n) is 2.23. The molecule has 108 valence electrons. The van der Waals surface area contributed by atoms with Gasteiger partial charge in [-0.3, -0.25) is 0 Å². The van der Waals surface area contributed by atoms with Gasteiger partial charge < -0.3 is 19.8 Å². The number of ether oxygens (including phenoxy) is 2. The third-order valence-electron chi connectivity index (χ3n) is 3.56. The van der Waals surface area contributed by atoms with Gasteiger partial charge in [-0.05, 0) is 18.8 Å². The zero-order chi connectivity index (χ0) is 14.1. The molecule has 20 heavy (non-hydrogen) atoms. The topological polar surface area (TPSA) is 62.3 Å². The number of halogens is 1. The van der Waals surface area contributed by atoms with Gasteiger partial charge in [-0.15, -0.1) is 0 Å². The van der Waals surface area contributed by atoms with Crippen molar-refractivity contribution >= 4 is 17.0 Å². The van der Waals surface area contributed by atoms with Crippen LogP contribution in [-0.4, -0.2) is 29.9 Å². The highest BCUT2D eigenvalue weighted by atomic mass is 19.1. The van der Waals surface area contributed by atoms with E-state index in [4.69, 9.17) is 15.2 Å². The molecule has 1 saturated carbocycles. The molecule has 1 aromatic carbocycles. The summed E-state index contributed by atoms with van der Waals surface area (Å²) in [6.07, 6.45) is 2.54. The summed E-state index contributed by atoms with van der Waals surface area (Å²) in [6.45, 7) is 1.99. The van der Waals surface area contributed by atoms with Crippen LogP contribution in [0.3, 0.4) is 0 Å². The summed E-state index contributed by atoms with van der Waals surface area (Å²) >= 11 is 0. The Bertz CT molecular complexity index is 622. The van der Waals surface area contributed by atoms with Gasteiger partial charge in [0.1, 0.15) is 0 Å². The monoisotopic (exact) mass is 279 g/mol. The molecule has 1 heterocycles. The van der Waals surface area contributed by atoms with E-state index >= 15 is 0 Å². The molecule has 2 aromatic rings. The molecule has 0 aliphatic heterocycles. The summed E-state index contributed by atoms with van der Waals surface area (Å²) in [5.74, 6) is 0.857. The van der Waals surface area contributed by atoms with E-state index in [1.165, 1.54) is 26.0 Å². The second-order valence-electron chi connectivity index (χ2n) is 5.12. The first-order valence-electron chi connectivity index (χ1n) is 6.76.